The van der Waals surface area contributed by atoms with Crippen LogP contribution < -0.4 is 0 Å². The Bertz CT molecular complexity index is 226. The van der Waals surface area contributed by atoms with Gasteiger partial charge < -0.3 is 4.74 Å². The van der Waals surface area contributed by atoms with Gasteiger partial charge in [-0.2, -0.15) is 30.3 Å². The van der Waals surface area contributed by atoms with E-state index in [1.807, 2.05) is 30.3 Å². The average molecular weight is 307 g/mol. The first-order valence-electron chi connectivity index (χ1n) is 4.34. The Morgan fingerprint density at radius 2 is 2.07 bits per heavy atom. The van der Waals surface area contributed by atoms with E-state index in [0.29, 0.717) is 6.61 Å². The molecule has 0 aromatic heterocycles. The molecule has 3 heteroatoms. The minimum absolute atomic E-state index is 0.683. The van der Waals surface area contributed by atoms with Crippen molar-refractivity contribution in [3.8, 4) is 0 Å². The molecule has 1 aromatic rings. The summed E-state index contributed by atoms with van der Waals surface area (Å²) in [6, 6.07) is 10.8. The molecule has 1 aromatic carbocycles. The molecule has 0 saturated carbocycles. The van der Waals surface area contributed by atoms with Crippen LogP contribution in [0.2, 0.25) is 0 Å². The summed E-state index contributed by atoms with van der Waals surface area (Å²) in [6.45, 7) is 5.06. The van der Waals surface area contributed by atoms with Crippen molar-refractivity contribution in [3.05, 3.63) is 48.6 Å². The molecule has 0 aliphatic heterocycles. The van der Waals surface area contributed by atoms with Gasteiger partial charge in [0.2, 0.25) is 0 Å². The summed E-state index contributed by atoms with van der Waals surface area (Å²) in [5.41, 5.74) is 1.19. The molecule has 0 amide bonds. The van der Waals surface area contributed by atoms with Crippen molar-refractivity contribution in [3.63, 3.8) is 0 Å². The zero-order valence-electron chi connectivity index (χ0n) is 8.21. The molecule has 0 bridgehead atoms. The summed E-state index contributed by atoms with van der Waals surface area (Å²) in [5, 5.41) is 0. The standard InChI is InChI=1S/C11H13O.BrH.Zn/c1-2-3-9-12-10-11-7-5-4-6-8-11;;/h2,5-8H,1,3,9-10H2;1H;/q-1;;+2/p-1. The number of hydrogen-bond donors (Lipinski definition) is 0. The molecule has 0 aliphatic carbocycles. The molecule has 0 aliphatic rings. The van der Waals surface area contributed by atoms with Crippen molar-refractivity contribution in [2.24, 2.45) is 0 Å². The first-order valence-corrected chi connectivity index (χ1v) is 11.3. The summed E-state index contributed by atoms with van der Waals surface area (Å²) in [6.07, 6.45) is 2.78. The molecular formula is C11H13BrOZn. The van der Waals surface area contributed by atoms with Crippen LogP contribution >= 0.6 is 13.6 Å². The van der Waals surface area contributed by atoms with Crippen LogP contribution in [0.4, 0.5) is 0 Å². The van der Waals surface area contributed by atoms with Crippen LogP contribution in [0, 0.1) is 6.07 Å². The topological polar surface area (TPSA) is 9.23 Å². The predicted octanol–water partition coefficient (Wildman–Crippen LogP) is 3.42. The van der Waals surface area contributed by atoms with Crippen LogP contribution in [0.25, 0.3) is 0 Å². The second-order valence-corrected chi connectivity index (χ2v) is 2.54. The van der Waals surface area contributed by atoms with Gasteiger partial charge in [0.05, 0.1) is 6.61 Å². The molecule has 1 rings (SSSR count). The van der Waals surface area contributed by atoms with E-state index >= 15 is 0 Å². The fraction of sp³-hybridized carbons (Fsp3) is 0.273. The summed E-state index contributed by atoms with van der Waals surface area (Å²) in [7, 11) is 0. The Labute approximate surface area is 103 Å². The molecule has 0 radical (unpaired) electrons. The zero-order chi connectivity index (χ0) is 10.6. The van der Waals surface area contributed by atoms with E-state index in [2.05, 4.69) is 26.3 Å². The quantitative estimate of drug-likeness (QED) is 0.350. The van der Waals surface area contributed by atoms with Crippen molar-refractivity contribution in [2.75, 3.05) is 6.61 Å². The van der Waals surface area contributed by atoms with Gasteiger partial charge in [-0.15, -0.1) is 12.1 Å². The van der Waals surface area contributed by atoms with Crippen LogP contribution in [0.3, 0.4) is 0 Å². The molecule has 0 spiro atoms. The second kappa shape index (κ2) is 11.1. The number of ether oxygens (including phenoxy) is 1. The van der Waals surface area contributed by atoms with E-state index in [1.165, 1.54) is 21.9 Å². The molecular weight excluding hydrogens is 293 g/mol. The van der Waals surface area contributed by atoms with Crippen LogP contribution in [0.5, 0.6) is 0 Å². The minimum atomic E-state index is 0.683. The van der Waals surface area contributed by atoms with E-state index in [9.17, 15) is 0 Å². The van der Waals surface area contributed by atoms with Crippen molar-refractivity contribution in [2.45, 2.75) is 13.0 Å². The molecule has 0 fully saturated rings. The van der Waals surface area contributed by atoms with Crippen molar-refractivity contribution < 1.29 is 21.1 Å². The number of hydrogen-bond acceptors (Lipinski definition) is 1. The number of rotatable bonds is 5. The van der Waals surface area contributed by atoms with Gasteiger partial charge in [-0.1, -0.05) is 6.08 Å². The van der Waals surface area contributed by atoms with Crippen LogP contribution in [-0.2, 0) is 27.7 Å². The van der Waals surface area contributed by atoms with Crippen molar-refractivity contribution in [1.82, 2.24) is 0 Å². The van der Waals surface area contributed by atoms with Gasteiger partial charge in [-0.25, -0.2) is 0 Å². The Kier molecular flexibility index (Phi) is 11.1. The molecule has 1 nitrogen and oxygen atoms in total. The van der Waals surface area contributed by atoms with Gasteiger partial charge in [-0.3, -0.25) is 0 Å². The third-order valence-corrected chi connectivity index (χ3v) is 1.52. The van der Waals surface area contributed by atoms with E-state index in [0.717, 1.165) is 13.0 Å². The van der Waals surface area contributed by atoms with Gasteiger partial charge in [0.25, 0.3) is 0 Å². The summed E-state index contributed by atoms with van der Waals surface area (Å²) in [4.78, 5) is 0. The first-order chi connectivity index (χ1) is 6.93. The van der Waals surface area contributed by atoms with Gasteiger partial charge in [-0.05, 0) is 6.42 Å². The summed E-state index contributed by atoms with van der Waals surface area (Å²) in [5.74, 6) is 0. The Hall–Kier alpha value is 0.0234. The summed E-state index contributed by atoms with van der Waals surface area (Å²) < 4.78 is 5.37. The van der Waals surface area contributed by atoms with E-state index < -0.39 is 0 Å². The van der Waals surface area contributed by atoms with Gasteiger partial charge in [0, 0.05) is 6.61 Å². The van der Waals surface area contributed by atoms with Gasteiger partial charge >= 0.3 is 30.0 Å². The molecule has 14 heavy (non-hydrogen) atoms. The fourth-order valence-corrected chi connectivity index (χ4v) is 0.874. The normalized spacial score (nSPS) is 8.79. The maximum atomic E-state index is 5.37. The molecule has 0 unspecified atom stereocenters. The van der Waals surface area contributed by atoms with Crippen LogP contribution in [0.15, 0.2) is 36.9 Å². The number of benzene rings is 1. The fourth-order valence-electron chi connectivity index (χ4n) is 0.874. The average Bonchev–Trinajstić information content (AvgIpc) is 2.29. The number of halogens is 1. The van der Waals surface area contributed by atoms with Crippen LogP contribution in [0.1, 0.15) is 12.0 Å². The van der Waals surface area contributed by atoms with Crippen LogP contribution in [-0.4, -0.2) is 6.61 Å². The van der Waals surface area contributed by atoms with Gasteiger partial charge in [0.15, 0.2) is 0 Å². The third kappa shape index (κ3) is 7.43. The summed E-state index contributed by atoms with van der Waals surface area (Å²) >= 11 is 4.25. The molecule has 72 valence electrons. The Morgan fingerprint density at radius 3 is 2.64 bits per heavy atom. The zero-order valence-corrected chi connectivity index (χ0v) is 12.8. The molecule has 0 saturated heterocycles. The van der Waals surface area contributed by atoms with Crippen molar-refractivity contribution in [1.29, 1.82) is 0 Å². The monoisotopic (exact) mass is 304 g/mol. The maximum absolute atomic E-state index is 5.37. The Balaban J connectivity index is 0.000000791. The van der Waals surface area contributed by atoms with Gasteiger partial charge in [0.1, 0.15) is 0 Å². The molecule has 0 N–H and O–H groups in total. The second-order valence-electron chi connectivity index (χ2n) is 2.54. The first kappa shape index (κ1) is 14.0. The molecule has 0 atom stereocenters. The predicted molar refractivity (Wildman–Crippen MR) is 58.7 cm³/mol. The Morgan fingerprint density at radius 1 is 1.43 bits per heavy atom. The third-order valence-electron chi connectivity index (χ3n) is 1.52. The molecule has 0 heterocycles. The van der Waals surface area contributed by atoms with E-state index in [1.54, 1.807) is 0 Å². The SMILES string of the molecule is C=CCCOCc1cc[c-]cc1.[Zn+][Br]. The van der Waals surface area contributed by atoms with E-state index in [4.69, 9.17) is 4.74 Å². The van der Waals surface area contributed by atoms with E-state index in [-0.39, 0.29) is 0 Å². The van der Waals surface area contributed by atoms with Crippen molar-refractivity contribution >= 4 is 13.6 Å².